The van der Waals surface area contributed by atoms with E-state index in [2.05, 4.69) is 26.2 Å². The van der Waals surface area contributed by atoms with Gasteiger partial charge in [-0.2, -0.15) is 0 Å². The van der Waals surface area contributed by atoms with Crippen LogP contribution in [0.1, 0.15) is 0 Å². The molecule has 2 rings (SSSR count). The van der Waals surface area contributed by atoms with Crippen molar-refractivity contribution in [1.82, 2.24) is 15.0 Å². The number of rotatable bonds is 7. The first-order chi connectivity index (χ1) is 9.74. The lowest BCUT2D eigenvalue weighted by atomic mass is 10.1. The quantitative estimate of drug-likeness (QED) is 0.723. The first-order valence-electron chi connectivity index (χ1n) is 6.05. The Morgan fingerprint density at radius 3 is 2.80 bits per heavy atom. The molecule has 7 heteroatoms. The lowest BCUT2D eigenvalue weighted by molar-refractivity contribution is 0.0281. The summed E-state index contributed by atoms with van der Waals surface area (Å²) in [7, 11) is 3.27. The summed E-state index contributed by atoms with van der Waals surface area (Å²) in [5.74, 6) is 0.788. The van der Waals surface area contributed by atoms with Crippen molar-refractivity contribution in [3.8, 4) is 17.0 Å². The zero-order valence-corrected chi connectivity index (χ0v) is 13.0. The Hall–Kier alpha value is -1.44. The molecule has 0 aliphatic heterocycles. The molecule has 1 aromatic carbocycles. The summed E-state index contributed by atoms with van der Waals surface area (Å²) in [6.45, 7) is 1.44. The summed E-state index contributed by atoms with van der Waals surface area (Å²) in [4.78, 5) is 0. The summed E-state index contributed by atoms with van der Waals surface area (Å²) in [6.07, 6.45) is 1.83. The van der Waals surface area contributed by atoms with Crippen molar-refractivity contribution in [2.75, 3.05) is 27.4 Å². The van der Waals surface area contributed by atoms with E-state index in [0.29, 0.717) is 19.9 Å². The van der Waals surface area contributed by atoms with Crippen LogP contribution in [0.3, 0.4) is 0 Å². The number of ether oxygens (including phenoxy) is 3. The Morgan fingerprint density at radius 2 is 2.10 bits per heavy atom. The maximum absolute atomic E-state index is 5.38. The summed E-state index contributed by atoms with van der Waals surface area (Å²) in [6, 6.07) is 5.71. The molecule has 0 radical (unpaired) electrons. The van der Waals surface area contributed by atoms with Gasteiger partial charge in [0.25, 0.3) is 0 Å². The van der Waals surface area contributed by atoms with E-state index < -0.39 is 0 Å². The first kappa shape index (κ1) is 15.0. The molecular weight excluding hydrogens is 326 g/mol. The fraction of sp³-hybridized carbons (Fsp3) is 0.385. The van der Waals surface area contributed by atoms with Gasteiger partial charge in [0.15, 0.2) is 0 Å². The minimum absolute atomic E-state index is 0.351. The molecular formula is C13H16BrN3O3. The van der Waals surface area contributed by atoms with Gasteiger partial charge >= 0.3 is 0 Å². The van der Waals surface area contributed by atoms with Crippen molar-refractivity contribution < 1.29 is 14.2 Å². The van der Waals surface area contributed by atoms with Crippen LogP contribution in [0, 0.1) is 0 Å². The van der Waals surface area contributed by atoms with Crippen molar-refractivity contribution in [1.29, 1.82) is 0 Å². The number of halogens is 1. The van der Waals surface area contributed by atoms with Gasteiger partial charge < -0.3 is 14.2 Å². The molecule has 0 unspecified atom stereocenters. The van der Waals surface area contributed by atoms with Gasteiger partial charge in [-0.3, -0.25) is 0 Å². The average Bonchev–Trinajstić information content (AvgIpc) is 2.92. The highest BCUT2D eigenvalue weighted by Gasteiger charge is 2.09. The molecule has 0 saturated carbocycles. The summed E-state index contributed by atoms with van der Waals surface area (Å²) >= 11 is 3.50. The molecule has 0 fully saturated rings. The Labute approximate surface area is 125 Å². The van der Waals surface area contributed by atoms with Gasteiger partial charge in [-0.05, 0) is 34.1 Å². The molecule has 1 heterocycles. The Bertz CT molecular complexity index is 560. The van der Waals surface area contributed by atoms with E-state index in [4.69, 9.17) is 14.2 Å². The molecule has 0 spiro atoms. The molecule has 2 aromatic rings. The van der Waals surface area contributed by atoms with E-state index >= 15 is 0 Å². The largest absolute Gasteiger partial charge is 0.497 e. The van der Waals surface area contributed by atoms with Gasteiger partial charge in [-0.15, -0.1) is 5.10 Å². The topological polar surface area (TPSA) is 58.4 Å². The van der Waals surface area contributed by atoms with Crippen molar-refractivity contribution in [3.63, 3.8) is 0 Å². The number of hydrogen-bond acceptors (Lipinski definition) is 5. The molecule has 0 atom stereocenters. The SMILES string of the molecule is COCCOCn1cc(-c2ccc(OC)cc2Br)nn1. The molecule has 0 bridgehead atoms. The molecule has 108 valence electrons. The molecule has 0 N–H and O–H groups in total. The fourth-order valence-electron chi connectivity index (χ4n) is 1.62. The lowest BCUT2D eigenvalue weighted by Crippen LogP contribution is -2.07. The third kappa shape index (κ3) is 3.78. The van der Waals surface area contributed by atoms with E-state index in [1.807, 2.05) is 24.4 Å². The van der Waals surface area contributed by atoms with Crippen LogP contribution in [0.5, 0.6) is 5.75 Å². The molecule has 0 aliphatic carbocycles. The summed E-state index contributed by atoms with van der Waals surface area (Å²) < 4.78 is 18.0. The van der Waals surface area contributed by atoms with Crippen LogP contribution in [0.4, 0.5) is 0 Å². The molecule has 20 heavy (non-hydrogen) atoms. The van der Waals surface area contributed by atoms with E-state index in [0.717, 1.165) is 21.5 Å². The van der Waals surface area contributed by atoms with Crippen LogP contribution in [0.15, 0.2) is 28.9 Å². The normalized spacial score (nSPS) is 10.8. The van der Waals surface area contributed by atoms with Crippen molar-refractivity contribution in [2.45, 2.75) is 6.73 Å². The Morgan fingerprint density at radius 1 is 1.25 bits per heavy atom. The van der Waals surface area contributed by atoms with Crippen LogP contribution in [0.2, 0.25) is 0 Å². The zero-order chi connectivity index (χ0) is 14.4. The second kappa shape index (κ2) is 7.37. The Balaban J connectivity index is 2.04. The smallest absolute Gasteiger partial charge is 0.141 e. The van der Waals surface area contributed by atoms with E-state index in [1.54, 1.807) is 18.9 Å². The number of nitrogens with zero attached hydrogens (tertiary/aromatic N) is 3. The second-order valence-corrected chi connectivity index (χ2v) is 4.87. The zero-order valence-electron chi connectivity index (χ0n) is 11.4. The molecule has 6 nitrogen and oxygen atoms in total. The van der Waals surface area contributed by atoms with Crippen LogP contribution >= 0.6 is 15.9 Å². The highest BCUT2D eigenvalue weighted by atomic mass is 79.9. The van der Waals surface area contributed by atoms with E-state index in [1.165, 1.54) is 0 Å². The predicted octanol–water partition coefficient (Wildman–Crippen LogP) is 2.34. The van der Waals surface area contributed by atoms with Crippen LogP contribution in [0.25, 0.3) is 11.3 Å². The predicted molar refractivity (Wildman–Crippen MR) is 77.5 cm³/mol. The second-order valence-electron chi connectivity index (χ2n) is 4.02. The molecule has 0 saturated heterocycles. The van der Waals surface area contributed by atoms with Gasteiger partial charge in [-0.1, -0.05) is 5.21 Å². The minimum atomic E-state index is 0.351. The number of benzene rings is 1. The summed E-state index contributed by atoms with van der Waals surface area (Å²) in [5.41, 5.74) is 1.73. The van der Waals surface area contributed by atoms with Crippen molar-refractivity contribution in [3.05, 3.63) is 28.9 Å². The number of aromatic nitrogens is 3. The highest BCUT2D eigenvalue weighted by molar-refractivity contribution is 9.10. The van der Waals surface area contributed by atoms with Gasteiger partial charge in [0.05, 0.1) is 26.5 Å². The van der Waals surface area contributed by atoms with Gasteiger partial charge in [-0.25, -0.2) is 4.68 Å². The number of hydrogen-bond donors (Lipinski definition) is 0. The standard InChI is InChI=1S/C13H16BrN3O3/c1-18-5-6-20-9-17-8-13(15-16-17)11-4-3-10(19-2)7-12(11)14/h3-4,7-8H,5-6,9H2,1-2H3. The minimum Gasteiger partial charge on any atom is -0.497 e. The van der Waals surface area contributed by atoms with Crippen LogP contribution < -0.4 is 4.74 Å². The summed E-state index contributed by atoms with van der Waals surface area (Å²) in [5, 5.41) is 8.16. The monoisotopic (exact) mass is 341 g/mol. The number of methoxy groups -OCH3 is 2. The molecule has 0 amide bonds. The van der Waals surface area contributed by atoms with Gasteiger partial charge in [0, 0.05) is 17.1 Å². The van der Waals surface area contributed by atoms with Gasteiger partial charge in [0.2, 0.25) is 0 Å². The fourth-order valence-corrected chi connectivity index (χ4v) is 2.18. The third-order valence-electron chi connectivity index (χ3n) is 2.65. The maximum Gasteiger partial charge on any atom is 0.141 e. The average molecular weight is 342 g/mol. The van der Waals surface area contributed by atoms with E-state index in [9.17, 15) is 0 Å². The van der Waals surface area contributed by atoms with Crippen molar-refractivity contribution >= 4 is 15.9 Å². The van der Waals surface area contributed by atoms with Crippen LogP contribution in [-0.2, 0) is 16.2 Å². The maximum atomic E-state index is 5.38. The van der Waals surface area contributed by atoms with E-state index in [-0.39, 0.29) is 0 Å². The Kier molecular flexibility index (Phi) is 5.51. The molecule has 1 aromatic heterocycles. The van der Waals surface area contributed by atoms with Crippen molar-refractivity contribution in [2.24, 2.45) is 0 Å². The first-order valence-corrected chi connectivity index (χ1v) is 6.84. The van der Waals surface area contributed by atoms with Gasteiger partial charge in [0.1, 0.15) is 18.2 Å². The lowest BCUT2D eigenvalue weighted by Gasteiger charge is -2.04. The molecule has 0 aliphatic rings. The highest BCUT2D eigenvalue weighted by Crippen LogP contribution is 2.29. The van der Waals surface area contributed by atoms with Crippen LogP contribution in [-0.4, -0.2) is 42.4 Å². The third-order valence-corrected chi connectivity index (χ3v) is 3.30.